The molecule has 0 saturated heterocycles. The van der Waals surface area contributed by atoms with Gasteiger partial charge in [-0.2, -0.15) is 0 Å². The Hall–Kier alpha value is -0.530. The molecule has 2 heteroatoms. The minimum Gasteiger partial charge on any atom is -0.466 e. The van der Waals surface area contributed by atoms with Crippen molar-refractivity contribution in [3.63, 3.8) is 0 Å². The molecule has 0 aliphatic rings. The van der Waals surface area contributed by atoms with Crippen LogP contribution in [-0.4, -0.2) is 12.6 Å². The van der Waals surface area contributed by atoms with Crippen molar-refractivity contribution in [2.45, 2.75) is 188 Å². The molecule has 0 heterocycles. The number of carbonyl (C=O) groups excluding carboxylic acids is 1. The van der Waals surface area contributed by atoms with Crippen molar-refractivity contribution in [3.8, 4) is 0 Å². The molecule has 0 bridgehead atoms. The third kappa shape index (κ3) is 29.5. The molecule has 34 heavy (non-hydrogen) atoms. The Morgan fingerprint density at radius 2 is 0.853 bits per heavy atom. The maximum absolute atomic E-state index is 11.9. The van der Waals surface area contributed by atoms with Gasteiger partial charge in [0.05, 0.1) is 6.61 Å². The highest BCUT2D eigenvalue weighted by Crippen LogP contribution is 2.15. The van der Waals surface area contributed by atoms with Crippen LogP contribution in [0.4, 0.5) is 0 Å². The summed E-state index contributed by atoms with van der Waals surface area (Å²) in [4.78, 5) is 11.9. The van der Waals surface area contributed by atoms with Crippen LogP contribution >= 0.6 is 0 Å². The summed E-state index contributed by atoms with van der Waals surface area (Å²) in [6.07, 6.45) is 34.3. The van der Waals surface area contributed by atoms with Gasteiger partial charge in [0.1, 0.15) is 0 Å². The number of rotatable bonds is 28. The maximum Gasteiger partial charge on any atom is 0.305 e. The fraction of sp³-hybridized carbons (Fsp3) is 0.969. The quantitative estimate of drug-likeness (QED) is 0.0821. The zero-order chi connectivity index (χ0) is 25.0. The molecule has 0 aromatic rings. The standard InChI is InChI=1S/C32H64O2/c1-4-5-6-7-8-9-10-15-18-21-24-27-30-34-32(33)29-26-23-20-17-14-12-11-13-16-19-22-25-28-31(2)3/h31H,4-30H2,1-3H3. The summed E-state index contributed by atoms with van der Waals surface area (Å²) < 4.78 is 5.41. The van der Waals surface area contributed by atoms with Crippen molar-refractivity contribution in [2.75, 3.05) is 6.61 Å². The predicted octanol–water partition coefficient (Wildman–Crippen LogP) is 11.3. The monoisotopic (exact) mass is 480 g/mol. The first-order valence-electron chi connectivity index (χ1n) is 15.8. The third-order valence-corrected chi connectivity index (χ3v) is 7.17. The first-order valence-corrected chi connectivity index (χ1v) is 15.8. The Morgan fingerprint density at radius 3 is 1.26 bits per heavy atom. The van der Waals surface area contributed by atoms with Gasteiger partial charge in [0.2, 0.25) is 0 Å². The molecule has 0 saturated carbocycles. The molecule has 0 spiro atoms. The molecule has 0 aliphatic carbocycles. The molecular formula is C32H64O2. The molecule has 0 aliphatic heterocycles. The van der Waals surface area contributed by atoms with Crippen molar-refractivity contribution < 1.29 is 9.53 Å². The van der Waals surface area contributed by atoms with Crippen LogP contribution in [-0.2, 0) is 9.53 Å². The van der Waals surface area contributed by atoms with E-state index in [-0.39, 0.29) is 5.97 Å². The van der Waals surface area contributed by atoms with Gasteiger partial charge in [0.15, 0.2) is 0 Å². The number of carbonyl (C=O) groups is 1. The highest BCUT2D eigenvalue weighted by molar-refractivity contribution is 5.69. The van der Waals surface area contributed by atoms with E-state index >= 15 is 0 Å². The highest BCUT2D eigenvalue weighted by Gasteiger charge is 2.03. The smallest absolute Gasteiger partial charge is 0.305 e. The van der Waals surface area contributed by atoms with E-state index in [2.05, 4.69) is 20.8 Å². The van der Waals surface area contributed by atoms with Crippen LogP contribution in [0.15, 0.2) is 0 Å². The fourth-order valence-corrected chi connectivity index (χ4v) is 4.79. The Labute approximate surface area is 215 Å². The molecule has 0 aromatic heterocycles. The first-order chi connectivity index (χ1) is 16.7. The summed E-state index contributed by atoms with van der Waals surface area (Å²) in [6.45, 7) is 7.57. The molecule has 0 amide bonds. The first kappa shape index (κ1) is 33.5. The summed E-state index contributed by atoms with van der Waals surface area (Å²) in [7, 11) is 0. The van der Waals surface area contributed by atoms with E-state index < -0.39 is 0 Å². The van der Waals surface area contributed by atoms with Crippen molar-refractivity contribution in [1.29, 1.82) is 0 Å². The largest absolute Gasteiger partial charge is 0.466 e. The van der Waals surface area contributed by atoms with E-state index in [4.69, 9.17) is 4.74 Å². The van der Waals surface area contributed by atoms with Crippen LogP contribution in [0.5, 0.6) is 0 Å². The zero-order valence-corrected chi connectivity index (χ0v) is 24.0. The van der Waals surface area contributed by atoms with Gasteiger partial charge < -0.3 is 4.74 Å². The Morgan fingerprint density at radius 1 is 0.500 bits per heavy atom. The van der Waals surface area contributed by atoms with Crippen LogP contribution in [0.25, 0.3) is 0 Å². The van der Waals surface area contributed by atoms with Gasteiger partial charge in [-0.05, 0) is 18.8 Å². The van der Waals surface area contributed by atoms with E-state index in [1.54, 1.807) is 0 Å². The number of hydrogen-bond donors (Lipinski definition) is 0. The number of ether oxygens (including phenoxy) is 1. The van der Waals surface area contributed by atoms with Crippen molar-refractivity contribution in [2.24, 2.45) is 5.92 Å². The molecule has 0 aromatic carbocycles. The summed E-state index contributed by atoms with van der Waals surface area (Å²) in [5.74, 6) is 0.895. The lowest BCUT2D eigenvalue weighted by Gasteiger charge is -2.06. The summed E-state index contributed by atoms with van der Waals surface area (Å²) in [5, 5.41) is 0. The van der Waals surface area contributed by atoms with Crippen LogP contribution in [0.3, 0.4) is 0 Å². The zero-order valence-electron chi connectivity index (χ0n) is 24.0. The van der Waals surface area contributed by atoms with Crippen molar-refractivity contribution >= 4 is 5.97 Å². The van der Waals surface area contributed by atoms with Gasteiger partial charge in [-0.1, -0.05) is 168 Å². The molecule has 0 N–H and O–H groups in total. The Kier molecular flexibility index (Phi) is 28.3. The second kappa shape index (κ2) is 28.7. The van der Waals surface area contributed by atoms with Gasteiger partial charge >= 0.3 is 5.97 Å². The van der Waals surface area contributed by atoms with E-state index in [9.17, 15) is 4.79 Å². The average Bonchev–Trinajstić information content (AvgIpc) is 2.82. The van der Waals surface area contributed by atoms with Gasteiger partial charge in [0, 0.05) is 6.42 Å². The molecule has 0 fully saturated rings. The molecule has 0 unspecified atom stereocenters. The molecule has 204 valence electrons. The molecule has 0 radical (unpaired) electrons. The highest BCUT2D eigenvalue weighted by atomic mass is 16.5. The van der Waals surface area contributed by atoms with Crippen LogP contribution in [0.2, 0.25) is 0 Å². The van der Waals surface area contributed by atoms with Gasteiger partial charge in [-0.15, -0.1) is 0 Å². The SMILES string of the molecule is CCCCCCCCCCCCCCOC(=O)CCCCCCCCCCCCCCC(C)C. The lowest BCUT2D eigenvalue weighted by atomic mass is 10.0. The fourth-order valence-electron chi connectivity index (χ4n) is 4.79. The Balaban J connectivity index is 3.15. The molecule has 0 atom stereocenters. The summed E-state index contributed by atoms with van der Waals surface area (Å²) in [5.41, 5.74) is 0. The van der Waals surface area contributed by atoms with Crippen LogP contribution in [0, 0.1) is 5.92 Å². The van der Waals surface area contributed by atoms with Crippen LogP contribution in [0.1, 0.15) is 188 Å². The number of esters is 1. The lowest BCUT2D eigenvalue weighted by molar-refractivity contribution is -0.143. The third-order valence-electron chi connectivity index (χ3n) is 7.17. The predicted molar refractivity (Wildman–Crippen MR) is 152 cm³/mol. The second-order valence-corrected chi connectivity index (χ2v) is 11.3. The topological polar surface area (TPSA) is 26.3 Å². The normalized spacial score (nSPS) is 11.4. The minimum atomic E-state index is 0.0245. The number of hydrogen-bond acceptors (Lipinski definition) is 2. The van der Waals surface area contributed by atoms with E-state index in [0.29, 0.717) is 13.0 Å². The van der Waals surface area contributed by atoms with Gasteiger partial charge in [-0.3, -0.25) is 4.79 Å². The maximum atomic E-state index is 11.9. The molecule has 2 nitrogen and oxygen atoms in total. The van der Waals surface area contributed by atoms with Crippen molar-refractivity contribution in [3.05, 3.63) is 0 Å². The summed E-state index contributed by atoms with van der Waals surface area (Å²) in [6, 6.07) is 0. The summed E-state index contributed by atoms with van der Waals surface area (Å²) >= 11 is 0. The molecular weight excluding hydrogens is 416 g/mol. The van der Waals surface area contributed by atoms with Crippen molar-refractivity contribution in [1.82, 2.24) is 0 Å². The lowest BCUT2D eigenvalue weighted by Crippen LogP contribution is -2.05. The van der Waals surface area contributed by atoms with E-state index in [0.717, 1.165) is 18.8 Å². The van der Waals surface area contributed by atoms with Crippen LogP contribution < -0.4 is 0 Å². The minimum absolute atomic E-state index is 0.0245. The van der Waals surface area contributed by atoms with E-state index in [1.807, 2.05) is 0 Å². The Bertz CT molecular complexity index is 390. The second-order valence-electron chi connectivity index (χ2n) is 11.3. The average molecular weight is 481 g/mol. The number of unbranched alkanes of at least 4 members (excludes halogenated alkanes) is 22. The van der Waals surface area contributed by atoms with Gasteiger partial charge in [0.25, 0.3) is 0 Å². The molecule has 0 rings (SSSR count). The van der Waals surface area contributed by atoms with Gasteiger partial charge in [-0.25, -0.2) is 0 Å². The van der Waals surface area contributed by atoms with E-state index in [1.165, 1.54) is 148 Å².